The summed E-state index contributed by atoms with van der Waals surface area (Å²) in [5.74, 6) is 0. The van der Waals surface area contributed by atoms with Crippen LogP contribution in [0, 0.1) is 0 Å². The van der Waals surface area contributed by atoms with Gasteiger partial charge in [0.15, 0.2) is 0 Å². The van der Waals surface area contributed by atoms with Crippen LogP contribution in [0.15, 0.2) is 16.3 Å². The largest absolute Gasteiger partial charge is 0.252 e. The minimum absolute atomic E-state index is 0.158. The molecule has 2 rings (SSSR count). The Hall–Kier alpha value is -0.190. The fourth-order valence-corrected chi connectivity index (χ4v) is 5.69. The lowest BCUT2D eigenvalue weighted by Gasteiger charge is -2.32. The molecule has 0 bridgehead atoms. The molecule has 0 radical (unpaired) electrons. The predicted octanol–water partition coefficient (Wildman–Crippen LogP) is 0.667. The van der Waals surface area contributed by atoms with Gasteiger partial charge in [0.25, 0.3) is 10.0 Å². The van der Waals surface area contributed by atoms with Crippen molar-refractivity contribution in [3.8, 4) is 0 Å². The first-order valence-electron chi connectivity index (χ1n) is 5.42. The Bertz CT molecular complexity index is 659. The van der Waals surface area contributed by atoms with Gasteiger partial charge in [0.1, 0.15) is 4.21 Å². The molecule has 1 fully saturated rings. The summed E-state index contributed by atoms with van der Waals surface area (Å²) in [7, 11) is -6.83. The Kier molecular flexibility index (Phi) is 4.24. The van der Waals surface area contributed by atoms with E-state index in [1.165, 1.54) is 20.7 Å². The molecule has 6 nitrogen and oxygen atoms in total. The number of nitrogens with zero attached hydrogens (tertiary/aromatic N) is 2. The molecule has 1 aliphatic heterocycles. The number of halogens is 1. The van der Waals surface area contributed by atoms with E-state index in [0.29, 0.717) is 4.34 Å². The second kappa shape index (κ2) is 5.30. The molecule has 1 aromatic rings. The van der Waals surface area contributed by atoms with Gasteiger partial charge in [-0.2, -0.15) is 8.61 Å². The molecule has 1 aliphatic rings. The summed E-state index contributed by atoms with van der Waals surface area (Å²) in [4.78, 5) is 0. The van der Waals surface area contributed by atoms with E-state index in [1.807, 2.05) is 0 Å². The van der Waals surface area contributed by atoms with E-state index in [9.17, 15) is 16.8 Å². The molecule has 10 heteroatoms. The third kappa shape index (κ3) is 3.29. The second-order valence-corrected chi connectivity index (χ2v) is 9.99. The smallest absolute Gasteiger partial charge is 0.213 e. The quantitative estimate of drug-likeness (QED) is 0.807. The molecule has 0 atom stereocenters. The zero-order chi connectivity index (χ0) is 14.3. The lowest BCUT2D eigenvalue weighted by molar-refractivity contribution is 0.274. The minimum Gasteiger partial charge on any atom is -0.213 e. The van der Waals surface area contributed by atoms with Gasteiger partial charge in [-0.25, -0.2) is 16.8 Å². The monoisotopic (exact) mass is 344 g/mol. The van der Waals surface area contributed by atoms with Crippen molar-refractivity contribution >= 4 is 43.0 Å². The van der Waals surface area contributed by atoms with Gasteiger partial charge in [0, 0.05) is 26.2 Å². The first kappa shape index (κ1) is 15.2. The Morgan fingerprint density at radius 3 is 2.00 bits per heavy atom. The molecule has 1 aromatic heterocycles. The first-order chi connectivity index (χ1) is 8.71. The van der Waals surface area contributed by atoms with E-state index < -0.39 is 20.0 Å². The topological polar surface area (TPSA) is 74.8 Å². The van der Waals surface area contributed by atoms with Gasteiger partial charge in [0.2, 0.25) is 10.0 Å². The van der Waals surface area contributed by atoms with Crippen molar-refractivity contribution in [3.63, 3.8) is 0 Å². The van der Waals surface area contributed by atoms with E-state index in [0.717, 1.165) is 17.6 Å². The summed E-state index contributed by atoms with van der Waals surface area (Å²) in [6.07, 6.45) is 1.12. The summed E-state index contributed by atoms with van der Waals surface area (Å²) in [6, 6.07) is 3.00. The third-order valence-corrected chi connectivity index (χ3v) is 7.71. The molecule has 0 unspecified atom stereocenters. The van der Waals surface area contributed by atoms with Crippen molar-refractivity contribution in [2.45, 2.75) is 4.21 Å². The summed E-state index contributed by atoms with van der Waals surface area (Å²) in [5, 5.41) is 0. The Labute approximate surface area is 121 Å². The lowest BCUT2D eigenvalue weighted by atomic mass is 10.4. The number of hydrogen-bond donors (Lipinski definition) is 0. The van der Waals surface area contributed by atoms with Crippen LogP contribution in [0.3, 0.4) is 0 Å². The fraction of sp³-hybridized carbons (Fsp3) is 0.556. The SMILES string of the molecule is CS(=O)(=O)N1CCN(S(=O)(=O)c2ccc(Cl)s2)CC1. The van der Waals surface area contributed by atoms with Gasteiger partial charge in [-0.05, 0) is 12.1 Å². The third-order valence-electron chi connectivity index (χ3n) is 2.81. The average Bonchev–Trinajstić information content (AvgIpc) is 2.76. The highest BCUT2D eigenvalue weighted by molar-refractivity contribution is 7.91. The normalized spacial score (nSPS) is 19.7. The molecular formula is C9H13ClN2O4S3. The minimum atomic E-state index is -3.56. The maximum absolute atomic E-state index is 12.3. The number of hydrogen-bond acceptors (Lipinski definition) is 5. The van der Waals surface area contributed by atoms with Crippen LogP contribution in [-0.2, 0) is 20.0 Å². The van der Waals surface area contributed by atoms with E-state index in [2.05, 4.69) is 0 Å². The van der Waals surface area contributed by atoms with Crippen molar-refractivity contribution in [1.82, 2.24) is 8.61 Å². The average molecular weight is 345 g/mol. The highest BCUT2D eigenvalue weighted by atomic mass is 35.5. The standard InChI is InChI=1S/C9H13ClN2O4S3/c1-18(13,14)11-4-6-12(7-5-11)19(15,16)9-3-2-8(10)17-9/h2-3H,4-7H2,1H3. The molecule has 0 amide bonds. The van der Waals surface area contributed by atoms with Gasteiger partial charge < -0.3 is 0 Å². The Morgan fingerprint density at radius 2 is 1.58 bits per heavy atom. The number of piperazine rings is 1. The molecule has 0 aliphatic carbocycles. The summed E-state index contributed by atoms with van der Waals surface area (Å²) < 4.78 is 50.4. The second-order valence-electron chi connectivity index (χ2n) is 4.12. The van der Waals surface area contributed by atoms with Crippen LogP contribution < -0.4 is 0 Å². The van der Waals surface area contributed by atoms with Crippen molar-refractivity contribution in [1.29, 1.82) is 0 Å². The van der Waals surface area contributed by atoms with Gasteiger partial charge in [-0.15, -0.1) is 11.3 Å². The molecule has 0 N–H and O–H groups in total. The maximum atomic E-state index is 12.3. The zero-order valence-electron chi connectivity index (χ0n) is 10.1. The highest BCUT2D eigenvalue weighted by Gasteiger charge is 2.32. The van der Waals surface area contributed by atoms with E-state index >= 15 is 0 Å². The summed E-state index contributed by atoms with van der Waals surface area (Å²) >= 11 is 6.74. The molecular weight excluding hydrogens is 332 g/mol. The van der Waals surface area contributed by atoms with Gasteiger partial charge in [-0.3, -0.25) is 0 Å². The summed E-state index contributed by atoms with van der Waals surface area (Å²) in [5.41, 5.74) is 0. The van der Waals surface area contributed by atoms with E-state index in [1.54, 1.807) is 0 Å². The molecule has 1 saturated heterocycles. The fourth-order valence-electron chi connectivity index (χ4n) is 1.81. The van der Waals surface area contributed by atoms with E-state index in [4.69, 9.17) is 11.6 Å². The zero-order valence-corrected chi connectivity index (χ0v) is 13.3. The lowest BCUT2D eigenvalue weighted by Crippen LogP contribution is -2.50. The maximum Gasteiger partial charge on any atom is 0.252 e. The molecule has 0 spiro atoms. The number of sulfonamides is 2. The van der Waals surface area contributed by atoms with Crippen molar-refractivity contribution in [2.24, 2.45) is 0 Å². The highest BCUT2D eigenvalue weighted by Crippen LogP contribution is 2.28. The van der Waals surface area contributed by atoms with E-state index in [-0.39, 0.29) is 30.4 Å². The van der Waals surface area contributed by atoms with Gasteiger partial charge in [0.05, 0.1) is 10.6 Å². The molecule has 2 heterocycles. The van der Waals surface area contributed by atoms with Crippen LogP contribution in [0.4, 0.5) is 0 Å². The Morgan fingerprint density at radius 1 is 1.05 bits per heavy atom. The van der Waals surface area contributed by atoms with Crippen molar-refractivity contribution in [2.75, 3.05) is 32.4 Å². The van der Waals surface area contributed by atoms with Crippen LogP contribution in [-0.4, -0.2) is 57.9 Å². The van der Waals surface area contributed by atoms with Gasteiger partial charge in [-0.1, -0.05) is 11.6 Å². The van der Waals surface area contributed by atoms with Crippen LogP contribution >= 0.6 is 22.9 Å². The summed E-state index contributed by atoms with van der Waals surface area (Å²) in [6.45, 7) is 0.671. The number of rotatable bonds is 3. The van der Waals surface area contributed by atoms with Gasteiger partial charge >= 0.3 is 0 Å². The van der Waals surface area contributed by atoms with Crippen LogP contribution in [0.25, 0.3) is 0 Å². The predicted molar refractivity (Wildman–Crippen MR) is 74.5 cm³/mol. The first-order valence-corrected chi connectivity index (χ1v) is 9.90. The number of thiophene rings is 1. The van der Waals surface area contributed by atoms with Crippen LogP contribution in [0.1, 0.15) is 0 Å². The molecule has 0 aromatic carbocycles. The van der Waals surface area contributed by atoms with Crippen LogP contribution in [0.2, 0.25) is 4.34 Å². The molecule has 19 heavy (non-hydrogen) atoms. The van der Waals surface area contributed by atoms with Crippen LogP contribution in [0.5, 0.6) is 0 Å². The van der Waals surface area contributed by atoms with Crippen molar-refractivity contribution in [3.05, 3.63) is 16.5 Å². The Balaban J connectivity index is 2.14. The molecule has 0 saturated carbocycles. The molecule has 108 valence electrons. The van der Waals surface area contributed by atoms with Crippen molar-refractivity contribution < 1.29 is 16.8 Å².